The highest BCUT2D eigenvalue weighted by Gasteiger charge is 2.71. The van der Waals surface area contributed by atoms with Gasteiger partial charge in [-0.25, -0.2) is 4.79 Å². The highest BCUT2D eigenvalue weighted by atomic mass is 16.7. The van der Waals surface area contributed by atoms with Crippen molar-refractivity contribution in [1.82, 2.24) is 5.32 Å². The normalized spacial score (nSPS) is 47.4. The average molecular weight is 776 g/mol. The zero-order valence-corrected chi connectivity index (χ0v) is 34.1. The number of carbonyl (C=O) groups is 4. The van der Waals surface area contributed by atoms with Gasteiger partial charge in [0.1, 0.15) is 18.3 Å². The first-order chi connectivity index (χ1) is 25.4. The number of amides is 1. The summed E-state index contributed by atoms with van der Waals surface area (Å²) >= 11 is 0. The maximum Gasteiger partial charge on any atom is 0.364 e. The largest absolute Gasteiger partial charge is 0.477 e. The highest BCUT2D eigenvalue weighted by molar-refractivity contribution is 5.95. The Kier molecular flexibility index (Phi) is 10.6. The van der Waals surface area contributed by atoms with Crippen LogP contribution in [0.15, 0.2) is 11.6 Å². The van der Waals surface area contributed by atoms with Crippen LogP contribution >= 0.6 is 0 Å². The number of allylic oxidation sites excluding steroid dienone is 2. The molecule has 0 unspecified atom stereocenters. The van der Waals surface area contributed by atoms with Gasteiger partial charge < -0.3 is 45.1 Å². The van der Waals surface area contributed by atoms with Crippen molar-refractivity contribution in [2.45, 2.75) is 162 Å². The lowest BCUT2D eigenvalue weighted by atomic mass is 9.33. The molecule has 0 aromatic carbocycles. The minimum Gasteiger partial charge on any atom is -0.477 e. The van der Waals surface area contributed by atoms with Gasteiger partial charge in [0, 0.05) is 19.3 Å². The molecule has 0 spiro atoms. The molecule has 0 bridgehead atoms. The number of carboxylic acids is 1. The molecule has 0 aromatic rings. The summed E-state index contributed by atoms with van der Waals surface area (Å²) in [7, 11) is 1.45. The molecule has 6 rings (SSSR count). The molecule has 4 saturated carbocycles. The van der Waals surface area contributed by atoms with Crippen molar-refractivity contribution < 1.29 is 58.9 Å². The van der Waals surface area contributed by atoms with Gasteiger partial charge in [0.05, 0.1) is 37.4 Å². The number of carboxylic acid groups (broad SMARTS) is 1. The van der Waals surface area contributed by atoms with E-state index in [1.54, 1.807) is 0 Å². The molecule has 310 valence electrons. The zero-order chi connectivity index (χ0) is 40.9. The molecule has 13 heteroatoms. The number of carbonyl (C=O) groups excluding carboxylic acids is 3. The SMILES string of the molecule is COC(=O)[C@@]1(C)CC[C@]2(C)CC[C@]3(C)C(=CC(=O)[C@@H]4[C@@]5(C)CC[C@H](O[C@@]6(C(=O)O)C[C@H](O)[C@@H](NC(C)=O)[C@H]([C@H](O)[C@H](O)CO)O6)C(C)(C)[C@@H]5CC[C@]43C)[C@@H]2C1. The van der Waals surface area contributed by atoms with Gasteiger partial charge >= 0.3 is 11.9 Å². The van der Waals surface area contributed by atoms with Crippen molar-refractivity contribution in [2.24, 2.45) is 50.2 Å². The van der Waals surface area contributed by atoms with Crippen molar-refractivity contribution in [3.8, 4) is 0 Å². The maximum absolute atomic E-state index is 14.9. The third-order valence-electron chi connectivity index (χ3n) is 16.7. The van der Waals surface area contributed by atoms with Gasteiger partial charge in [0.25, 0.3) is 5.79 Å². The monoisotopic (exact) mass is 775 g/mol. The number of ether oxygens (including phenoxy) is 3. The van der Waals surface area contributed by atoms with Crippen LogP contribution in [-0.2, 0) is 33.4 Å². The number of hydrogen-bond donors (Lipinski definition) is 6. The standard InChI is InChI=1S/C42H65NO12/c1-22(45)43-30-26(47)20-42(34(50)51,55-32(30)31(49)27(48)21-44)54-29-11-12-39(6)28(36(29,2)3)10-13-41(8)33(39)25(46)18-23-24-19-38(5,35(52)53-9)15-14-37(24,4)16-17-40(23,41)7/h18,24,26-33,44,47-49H,10-17,19-21H2,1-9H3,(H,43,45)(H,50,51)/t24-,26-,27+,28-,29-,30+,31+,32+,33+,37+,38-,39-,40+,41+,42-/m0/s1. The topological polar surface area (TPSA) is 209 Å². The van der Waals surface area contributed by atoms with Crippen LogP contribution in [0.5, 0.6) is 0 Å². The van der Waals surface area contributed by atoms with Gasteiger partial charge in [-0.15, -0.1) is 0 Å². The first-order valence-corrected chi connectivity index (χ1v) is 20.3. The van der Waals surface area contributed by atoms with Crippen molar-refractivity contribution in [2.75, 3.05) is 13.7 Å². The van der Waals surface area contributed by atoms with Gasteiger partial charge in [-0.2, -0.15) is 0 Å². The number of rotatable bonds is 8. The number of ketones is 1. The summed E-state index contributed by atoms with van der Waals surface area (Å²) in [6.07, 6.45) is 0.674. The van der Waals surface area contributed by atoms with Crippen LogP contribution < -0.4 is 5.32 Å². The lowest BCUT2D eigenvalue weighted by Crippen LogP contribution is -2.70. The number of methoxy groups -OCH3 is 1. The smallest absolute Gasteiger partial charge is 0.364 e. The molecule has 5 fully saturated rings. The molecule has 55 heavy (non-hydrogen) atoms. The van der Waals surface area contributed by atoms with E-state index in [-0.39, 0.29) is 45.8 Å². The first kappa shape index (κ1) is 42.2. The maximum atomic E-state index is 14.9. The summed E-state index contributed by atoms with van der Waals surface area (Å²) in [6.45, 7) is 15.6. The summed E-state index contributed by atoms with van der Waals surface area (Å²) < 4.78 is 17.8. The van der Waals surface area contributed by atoms with Crippen LogP contribution in [0.25, 0.3) is 0 Å². The number of aliphatic carboxylic acids is 1. The molecule has 6 aliphatic rings. The number of fused-ring (bicyclic) bond motifs is 7. The molecule has 0 aromatic heterocycles. The van der Waals surface area contributed by atoms with E-state index in [9.17, 15) is 44.7 Å². The minimum atomic E-state index is -2.45. The number of esters is 1. The fourth-order valence-electron chi connectivity index (χ4n) is 13.3. The Hall–Kier alpha value is -2.42. The highest BCUT2D eigenvalue weighted by Crippen LogP contribution is 2.75. The molecule has 6 N–H and O–H groups in total. The van der Waals surface area contributed by atoms with E-state index < -0.39 is 83.5 Å². The van der Waals surface area contributed by atoms with E-state index in [1.807, 2.05) is 26.8 Å². The van der Waals surface area contributed by atoms with Crippen molar-refractivity contribution in [3.05, 3.63) is 11.6 Å². The molecule has 5 aliphatic carbocycles. The van der Waals surface area contributed by atoms with E-state index >= 15 is 0 Å². The van der Waals surface area contributed by atoms with E-state index in [4.69, 9.17) is 14.2 Å². The predicted molar refractivity (Wildman–Crippen MR) is 199 cm³/mol. The fraction of sp³-hybridized carbons (Fsp3) is 0.857. The Morgan fingerprint density at radius 2 is 1.62 bits per heavy atom. The number of aliphatic hydroxyl groups excluding tert-OH is 4. The minimum absolute atomic E-state index is 0.0108. The number of nitrogens with one attached hydrogen (secondary N) is 1. The Labute approximate surface area is 324 Å². The Morgan fingerprint density at radius 3 is 2.22 bits per heavy atom. The molecule has 1 saturated heterocycles. The summed E-state index contributed by atoms with van der Waals surface area (Å²) in [5, 5.41) is 55.3. The van der Waals surface area contributed by atoms with Crippen LogP contribution in [0.2, 0.25) is 0 Å². The Bertz CT molecular complexity index is 1610. The number of hydrogen-bond acceptors (Lipinski definition) is 11. The van der Waals surface area contributed by atoms with E-state index in [1.165, 1.54) is 19.6 Å². The van der Waals surface area contributed by atoms with Crippen LogP contribution in [0, 0.1) is 50.2 Å². The van der Waals surface area contributed by atoms with E-state index in [2.05, 4.69) is 33.0 Å². The second-order valence-electron chi connectivity index (χ2n) is 20.1. The van der Waals surface area contributed by atoms with Crippen LogP contribution in [0.4, 0.5) is 0 Å². The lowest BCUT2D eigenvalue weighted by Gasteiger charge is -2.70. The molecule has 13 nitrogen and oxygen atoms in total. The second-order valence-corrected chi connectivity index (χ2v) is 20.1. The van der Waals surface area contributed by atoms with Crippen LogP contribution in [0.1, 0.15) is 120 Å². The third-order valence-corrected chi connectivity index (χ3v) is 16.7. The summed E-state index contributed by atoms with van der Waals surface area (Å²) in [6, 6.07) is -1.29. The molecule has 1 amide bonds. The van der Waals surface area contributed by atoms with Crippen molar-refractivity contribution >= 4 is 23.6 Å². The lowest BCUT2D eigenvalue weighted by molar-refractivity contribution is -0.341. The molecule has 1 heterocycles. The van der Waals surface area contributed by atoms with Crippen LogP contribution in [-0.4, -0.2) is 105 Å². The quantitative estimate of drug-likeness (QED) is 0.154. The molecule has 0 radical (unpaired) electrons. The molecular formula is C42H65NO12. The fourth-order valence-corrected chi connectivity index (χ4v) is 13.3. The summed E-state index contributed by atoms with van der Waals surface area (Å²) in [4.78, 5) is 53.1. The average Bonchev–Trinajstić information content (AvgIpc) is 3.10. The van der Waals surface area contributed by atoms with Gasteiger partial charge in [0.2, 0.25) is 5.91 Å². The Balaban J connectivity index is 1.32. The first-order valence-electron chi connectivity index (χ1n) is 20.3. The molecular weight excluding hydrogens is 710 g/mol. The molecule has 15 atom stereocenters. The predicted octanol–water partition coefficient (Wildman–Crippen LogP) is 3.67. The number of aliphatic hydroxyl groups is 4. The van der Waals surface area contributed by atoms with Gasteiger partial charge in [-0.1, -0.05) is 47.1 Å². The summed E-state index contributed by atoms with van der Waals surface area (Å²) in [5.74, 6) is -4.90. The molecule has 1 aliphatic heterocycles. The Morgan fingerprint density at radius 1 is 0.964 bits per heavy atom. The third kappa shape index (κ3) is 6.24. The van der Waals surface area contributed by atoms with Gasteiger partial charge in [-0.05, 0) is 110 Å². The second kappa shape index (κ2) is 13.9. The summed E-state index contributed by atoms with van der Waals surface area (Å²) in [5.41, 5.74) is -1.21. The van der Waals surface area contributed by atoms with Crippen LogP contribution in [0.3, 0.4) is 0 Å². The van der Waals surface area contributed by atoms with Crippen molar-refractivity contribution in [3.63, 3.8) is 0 Å². The van der Waals surface area contributed by atoms with Gasteiger partial charge in [0.15, 0.2) is 5.78 Å². The van der Waals surface area contributed by atoms with E-state index in [0.29, 0.717) is 19.3 Å². The zero-order valence-electron chi connectivity index (χ0n) is 34.1. The van der Waals surface area contributed by atoms with E-state index in [0.717, 1.165) is 38.5 Å². The van der Waals surface area contributed by atoms with Crippen molar-refractivity contribution in [1.29, 1.82) is 0 Å². The van der Waals surface area contributed by atoms with Gasteiger partial charge in [-0.3, -0.25) is 14.4 Å².